The highest BCUT2D eigenvalue weighted by Gasteiger charge is 2.14. The molecule has 0 N–H and O–H groups in total. The lowest BCUT2D eigenvalue weighted by atomic mass is 10.0. The highest BCUT2D eigenvalue weighted by molar-refractivity contribution is 6.31. The summed E-state index contributed by atoms with van der Waals surface area (Å²) in [4.78, 5) is 24.2. The SMILES string of the molecule is Cc1cc2oc(=O)cc(COC(=O)COc3cc(C)c(Cl)cc3C(C)C)c2cc1C. The van der Waals surface area contributed by atoms with E-state index in [0.717, 1.165) is 27.6 Å². The van der Waals surface area contributed by atoms with Crippen molar-refractivity contribution in [3.05, 3.63) is 73.6 Å². The molecule has 3 aromatic rings. The largest absolute Gasteiger partial charge is 0.482 e. The van der Waals surface area contributed by atoms with Crippen LogP contribution in [0.1, 0.15) is 47.6 Å². The van der Waals surface area contributed by atoms with Crippen molar-refractivity contribution in [2.45, 2.75) is 47.1 Å². The molecule has 0 bridgehead atoms. The van der Waals surface area contributed by atoms with E-state index in [1.807, 2.05) is 58.9 Å². The molecule has 0 atom stereocenters. The molecule has 0 amide bonds. The second-order valence-corrected chi connectivity index (χ2v) is 8.17. The Balaban J connectivity index is 1.72. The third kappa shape index (κ3) is 4.85. The molecule has 3 rings (SSSR count). The van der Waals surface area contributed by atoms with Crippen LogP contribution in [-0.4, -0.2) is 12.6 Å². The minimum Gasteiger partial charge on any atom is -0.482 e. The Morgan fingerprint density at radius 2 is 1.73 bits per heavy atom. The molecule has 5 nitrogen and oxygen atoms in total. The van der Waals surface area contributed by atoms with E-state index in [2.05, 4.69) is 0 Å². The van der Waals surface area contributed by atoms with Crippen LogP contribution in [0.2, 0.25) is 5.02 Å². The number of benzene rings is 2. The second kappa shape index (κ2) is 8.92. The fraction of sp³-hybridized carbons (Fsp3) is 0.333. The summed E-state index contributed by atoms with van der Waals surface area (Å²) < 4.78 is 16.4. The fourth-order valence-electron chi connectivity index (χ4n) is 3.19. The van der Waals surface area contributed by atoms with Gasteiger partial charge in [0.15, 0.2) is 6.61 Å². The highest BCUT2D eigenvalue weighted by Crippen LogP contribution is 2.32. The normalized spacial score (nSPS) is 11.2. The van der Waals surface area contributed by atoms with Gasteiger partial charge in [0.25, 0.3) is 0 Å². The molecule has 0 spiro atoms. The van der Waals surface area contributed by atoms with Crippen LogP contribution in [0.3, 0.4) is 0 Å². The van der Waals surface area contributed by atoms with Gasteiger partial charge in [-0.15, -0.1) is 0 Å². The molecular weight excluding hydrogens is 404 g/mol. The summed E-state index contributed by atoms with van der Waals surface area (Å²) >= 11 is 6.21. The molecule has 0 unspecified atom stereocenters. The number of halogens is 1. The van der Waals surface area contributed by atoms with Gasteiger partial charge in [0.05, 0.1) is 0 Å². The number of aryl methyl sites for hydroxylation is 3. The van der Waals surface area contributed by atoms with Crippen LogP contribution in [0.25, 0.3) is 11.0 Å². The van der Waals surface area contributed by atoms with Crippen molar-refractivity contribution >= 4 is 28.5 Å². The predicted molar refractivity (Wildman–Crippen MR) is 118 cm³/mol. The Labute approximate surface area is 180 Å². The molecule has 1 heterocycles. The van der Waals surface area contributed by atoms with E-state index in [-0.39, 0.29) is 19.1 Å². The Hall–Kier alpha value is -2.79. The van der Waals surface area contributed by atoms with Gasteiger partial charge in [-0.2, -0.15) is 0 Å². The first-order valence-electron chi connectivity index (χ1n) is 9.78. The number of esters is 1. The minimum atomic E-state index is -0.525. The first-order chi connectivity index (χ1) is 14.2. The van der Waals surface area contributed by atoms with Crippen molar-refractivity contribution in [2.24, 2.45) is 0 Å². The van der Waals surface area contributed by atoms with Gasteiger partial charge in [0, 0.05) is 22.0 Å². The second-order valence-electron chi connectivity index (χ2n) is 7.77. The molecule has 0 saturated heterocycles. The number of ether oxygens (including phenoxy) is 2. The van der Waals surface area contributed by atoms with Crippen LogP contribution in [0, 0.1) is 20.8 Å². The summed E-state index contributed by atoms with van der Waals surface area (Å²) in [6.07, 6.45) is 0. The van der Waals surface area contributed by atoms with Crippen LogP contribution < -0.4 is 10.4 Å². The van der Waals surface area contributed by atoms with Crippen molar-refractivity contribution in [2.75, 3.05) is 6.61 Å². The zero-order chi connectivity index (χ0) is 22.0. The van der Waals surface area contributed by atoms with Gasteiger partial charge in [0.2, 0.25) is 0 Å². The smallest absolute Gasteiger partial charge is 0.344 e. The standard InChI is InChI=1S/C24H25ClO5/c1-13(2)18-10-20(25)16(5)8-21(18)28-12-24(27)29-11-17-9-23(26)30-22-7-15(4)14(3)6-19(17)22/h6-10,13H,11-12H2,1-5H3. The lowest BCUT2D eigenvalue weighted by molar-refractivity contribution is -0.147. The van der Waals surface area contributed by atoms with Crippen molar-refractivity contribution in [3.8, 4) is 5.75 Å². The Kier molecular flexibility index (Phi) is 6.52. The number of fused-ring (bicyclic) bond motifs is 1. The lowest BCUT2D eigenvalue weighted by Crippen LogP contribution is -2.16. The van der Waals surface area contributed by atoms with Gasteiger partial charge < -0.3 is 13.9 Å². The predicted octanol–water partition coefficient (Wildman–Crippen LogP) is 5.62. The zero-order valence-electron chi connectivity index (χ0n) is 17.8. The van der Waals surface area contributed by atoms with E-state index in [9.17, 15) is 9.59 Å². The maximum Gasteiger partial charge on any atom is 0.344 e. The van der Waals surface area contributed by atoms with Gasteiger partial charge >= 0.3 is 11.6 Å². The highest BCUT2D eigenvalue weighted by atomic mass is 35.5. The lowest BCUT2D eigenvalue weighted by Gasteiger charge is -2.16. The number of hydrogen-bond donors (Lipinski definition) is 0. The molecule has 0 saturated carbocycles. The summed E-state index contributed by atoms with van der Waals surface area (Å²) in [6, 6.07) is 8.79. The molecule has 0 aliphatic rings. The van der Waals surface area contributed by atoms with Gasteiger partial charge in [-0.05, 0) is 73.2 Å². The van der Waals surface area contributed by atoms with Crippen LogP contribution in [0.5, 0.6) is 5.75 Å². The molecular formula is C24H25ClO5. The van der Waals surface area contributed by atoms with E-state index >= 15 is 0 Å². The fourth-order valence-corrected chi connectivity index (χ4v) is 3.36. The average Bonchev–Trinajstić information content (AvgIpc) is 2.67. The Morgan fingerprint density at radius 1 is 1.03 bits per heavy atom. The minimum absolute atomic E-state index is 0.0382. The Morgan fingerprint density at radius 3 is 2.43 bits per heavy atom. The summed E-state index contributed by atoms with van der Waals surface area (Å²) in [5.41, 5.74) is 4.48. The molecule has 0 radical (unpaired) electrons. The topological polar surface area (TPSA) is 65.7 Å². The van der Waals surface area contributed by atoms with Crippen molar-refractivity contribution in [1.29, 1.82) is 0 Å². The number of carbonyl (C=O) groups excluding carboxylic acids is 1. The molecule has 158 valence electrons. The van der Waals surface area contributed by atoms with Gasteiger partial charge in [-0.25, -0.2) is 9.59 Å². The first kappa shape index (κ1) is 21.9. The molecule has 2 aromatic carbocycles. The molecule has 0 aliphatic carbocycles. The molecule has 6 heteroatoms. The summed E-state index contributed by atoms with van der Waals surface area (Å²) in [6.45, 7) is 9.59. The van der Waals surface area contributed by atoms with E-state index < -0.39 is 11.6 Å². The Bertz CT molecular complexity index is 1160. The van der Waals surface area contributed by atoms with Gasteiger partial charge in [0.1, 0.15) is 17.9 Å². The van der Waals surface area contributed by atoms with Gasteiger partial charge in [-0.3, -0.25) is 0 Å². The number of rotatable bonds is 6. The molecule has 30 heavy (non-hydrogen) atoms. The van der Waals surface area contributed by atoms with Crippen molar-refractivity contribution in [1.82, 2.24) is 0 Å². The summed E-state index contributed by atoms with van der Waals surface area (Å²) in [7, 11) is 0. The van der Waals surface area contributed by atoms with E-state index in [0.29, 0.717) is 21.9 Å². The van der Waals surface area contributed by atoms with Gasteiger partial charge in [-0.1, -0.05) is 25.4 Å². The maximum absolute atomic E-state index is 12.3. The van der Waals surface area contributed by atoms with Crippen molar-refractivity contribution in [3.63, 3.8) is 0 Å². The van der Waals surface area contributed by atoms with E-state index in [1.54, 1.807) is 0 Å². The average molecular weight is 429 g/mol. The molecule has 0 aliphatic heterocycles. The van der Waals surface area contributed by atoms with E-state index in [1.165, 1.54) is 6.07 Å². The van der Waals surface area contributed by atoms with E-state index in [4.69, 9.17) is 25.5 Å². The molecule has 0 fully saturated rings. The maximum atomic E-state index is 12.3. The monoisotopic (exact) mass is 428 g/mol. The zero-order valence-corrected chi connectivity index (χ0v) is 18.6. The van der Waals surface area contributed by atoms with Crippen LogP contribution in [0.15, 0.2) is 39.5 Å². The van der Waals surface area contributed by atoms with Crippen LogP contribution in [0.4, 0.5) is 0 Å². The quantitative estimate of drug-likeness (QED) is 0.376. The number of hydrogen-bond acceptors (Lipinski definition) is 5. The number of carbonyl (C=O) groups is 1. The van der Waals surface area contributed by atoms with Crippen LogP contribution >= 0.6 is 11.6 Å². The first-order valence-corrected chi connectivity index (χ1v) is 10.2. The molecule has 1 aromatic heterocycles. The summed E-state index contributed by atoms with van der Waals surface area (Å²) in [5, 5.41) is 1.41. The van der Waals surface area contributed by atoms with Crippen molar-refractivity contribution < 1.29 is 18.7 Å². The summed E-state index contributed by atoms with van der Waals surface area (Å²) in [5.74, 6) is 0.277. The van der Waals surface area contributed by atoms with Crippen LogP contribution in [-0.2, 0) is 16.1 Å². The third-order valence-corrected chi connectivity index (χ3v) is 5.50. The third-order valence-electron chi connectivity index (χ3n) is 5.09.